The fourth-order valence-electron chi connectivity index (χ4n) is 3.73. The Morgan fingerprint density at radius 1 is 1.17 bits per heavy atom. The van der Waals surface area contributed by atoms with E-state index in [0.717, 1.165) is 46.4 Å². The van der Waals surface area contributed by atoms with Crippen LogP contribution in [0, 0.1) is 0 Å². The number of nitrogens with two attached hydrogens (primary N) is 1. The molecule has 0 bridgehead atoms. The molecule has 2 aliphatic rings. The van der Waals surface area contributed by atoms with Crippen LogP contribution in [-0.4, -0.2) is 99.0 Å². The summed E-state index contributed by atoms with van der Waals surface area (Å²) in [6.07, 6.45) is 0. The van der Waals surface area contributed by atoms with E-state index in [4.69, 9.17) is 19.4 Å². The van der Waals surface area contributed by atoms with Gasteiger partial charge in [-0.05, 0) is 0 Å². The Hall–Kier alpha value is -4.56. The molecule has 42 heavy (non-hydrogen) atoms. The molecule has 0 spiro atoms. The van der Waals surface area contributed by atoms with E-state index >= 15 is 0 Å². The Bertz CT molecular complexity index is 1640. The van der Waals surface area contributed by atoms with Gasteiger partial charge in [0, 0.05) is 29.0 Å². The van der Waals surface area contributed by atoms with Gasteiger partial charge in [0.25, 0.3) is 17.7 Å². The molecular weight excluding hydrogens is 616 g/mol. The zero-order valence-electron chi connectivity index (χ0n) is 24.5. The normalized spacial score (nSPS) is 19.9. The lowest BCUT2D eigenvalue weighted by molar-refractivity contribution is -0.150. The van der Waals surface area contributed by atoms with Gasteiger partial charge in [-0.2, -0.15) is 0 Å². The zero-order valence-corrected chi connectivity index (χ0v) is 23.9. The number of carbonyl (C=O) groups is 5. The van der Waals surface area contributed by atoms with Gasteiger partial charge in [0.1, 0.15) is 49.3 Å². The zero-order chi connectivity index (χ0) is 33.1. The number of rotatable bonds is 11. The van der Waals surface area contributed by atoms with Gasteiger partial charge in [-0.1, -0.05) is 10.3 Å². The molecule has 0 saturated carbocycles. The standard InChI is InChI=1S/C22H22N8O9S3/c1-8(31)39-4-9-5-40-19-14(18(34)30(19)15(9)20(35)36)26-16(32)13(29-38-3)11-7-42-22(25-11)27-17(33)12(28-37-2)10-6-41-21(23)24-10/h6-7,14,19H,4-5H2,1-3H3,(H2,23,24)(H,26,32)(H,35,36)(H,25,27,33)/b28-12-,29-13-/t14-,19-/m1/s1/i2D3. The summed E-state index contributed by atoms with van der Waals surface area (Å²) in [6, 6.07) is -1.13. The number of fused-ring (bicyclic) bond motifs is 1. The lowest BCUT2D eigenvalue weighted by Gasteiger charge is -2.49. The molecule has 20 heteroatoms. The highest BCUT2D eigenvalue weighted by Gasteiger charge is 2.54. The molecular formula is C22H22N8O9S3. The first kappa shape index (κ1) is 26.3. The second-order valence-electron chi connectivity index (χ2n) is 8.12. The maximum Gasteiger partial charge on any atom is 0.352 e. The van der Waals surface area contributed by atoms with Gasteiger partial charge in [-0.25, -0.2) is 14.8 Å². The number of nitrogens with one attached hydrogen (secondary N) is 2. The van der Waals surface area contributed by atoms with Gasteiger partial charge in [0.15, 0.2) is 21.7 Å². The molecule has 0 radical (unpaired) electrons. The van der Waals surface area contributed by atoms with Crippen LogP contribution in [0.25, 0.3) is 0 Å². The van der Waals surface area contributed by atoms with Crippen LogP contribution >= 0.6 is 34.4 Å². The predicted octanol–water partition coefficient (Wildman–Crippen LogP) is -0.177. The number of thiazole rings is 2. The number of nitrogens with zero attached hydrogens (tertiary/aromatic N) is 5. The van der Waals surface area contributed by atoms with Crippen molar-refractivity contribution in [2.24, 2.45) is 10.3 Å². The van der Waals surface area contributed by atoms with Crippen molar-refractivity contribution in [3.63, 3.8) is 0 Å². The number of β-lactam (4-membered cyclic amide) rings is 1. The third-order valence-corrected chi connectivity index (χ3v) is 8.24. The van der Waals surface area contributed by atoms with E-state index in [0.29, 0.717) is 0 Å². The number of amides is 3. The van der Waals surface area contributed by atoms with Gasteiger partial charge in [0.2, 0.25) is 0 Å². The van der Waals surface area contributed by atoms with Crippen LogP contribution in [-0.2, 0) is 38.4 Å². The van der Waals surface area contributed by atoms with Gasteiger partial charge in [-0.15, -0.1) is 34.4 Å². The number of hydrogen-bond acceptors (Lipinski definition) is 16. The minimum Gasteiger partial charge on any atom is -0.477 e. The van der Waals surface area contributed by atoms with Crippen molar-refractivity contribution in [2.45, 2.75) is 18.3 Å². The highest BCUT2D eigenvalue weighted by molar-refractivity contribution is 8.00. The van der Waals surface area contributed by atoms with Gasteiger partial charge in [0.05, 0.1) is 4.11 Å². The van der Waals surface area contributed by atoms with Crippen LogP contribution in [0.5, 0.6) is 0 Å². The molecule has 4 heterocycles. The molecule has 222 valence electrons. The molecule has 17 nitrogen and oxygen atoms in total. The SMILES string of the molecule is [2H]C([2H])([2H])O/N=C(\C(=O)Nc1nc(/C(=N/OC)C(=O)N[C@@H]2C(=O)N3C(C(=O)O)=C(COC(C)=O)CS[C@H]23)cs1)c1csc(N)n1. The van der Waals surface area contributed by atoms with Crippen molar-refractivity contribution < 1.29 is 47.6 Å². The molecule has 2 aliphatic heterocycles. The molecule has 2 aromatic heterocycles. The minimum atomic E-state index is -2.95. The third kappa shape index (κ3) is 6.34. The second kappa shape index (κ2) is 13.0. The number of ether oxygens (including phenoxy) is 1. The van der Waals surface area contributed by atoms with Crippen molar-refractivity contribution >= 4 is 85.8 Å². The van der Waals surface area contributed by atoms with E-state index in [2.05, 4.69) is 35.8 Å². The molecule has 4 rings (SSSR count). The maximum atomic E-state index is 13.2. The summed E-state index contributed by atoms with van der Waals surface area (Å²) < 4.78 is 26.4. The summed E-state index contributed by atoms with van der Waals surface area (Å²) >= 11 is 3.00. The van der Waals surface area contributed by atoms with E-state index < -0.39 is 53.8 Å². The maximum absolute atomic E-state index is 13.2. The van der Waals surface area contributed by atoms with Crippen LogP contribution in [0.3, 0.4) is 0 Å². The van der Waals surface area contributed by atoms with Crippen molar-refractivity contribution in [2.75, 3.05) is 37.6 Å². The van der Waals surface area contributed by atoms with E-state index in [9.17, 15) is 29.1 Å². The number of aromatic nitrogens is 2. The van der Waals surface area contributed by atoms with E-state index in [1.54, 1.807) is 0 Å². The lowest BCUT2D eigenvalue weighted by atomic mass is 10.0. The number of anilines is 2. The summed E-state index contributed by atoms with van der Waals surface area (Å²) in [5.41, 5.74) is 4.50. The number of hydrogen-bond donors (Lipinski definition) is 4. The number of oxime groups is 2. The van der Waals surface area contributed by atoms with Gasteiger partial charge in [-0.3, -0.25) is 29.4 Å². The van der Waals surface area contributed by atoms with Crippen molar-refractivity contribution in [1.82, 2.24) is 20.2 Å². The molecule has 2 atom stereocenters. The van der Waals surface area contributed by atoms with Crippen LogP contribution in [0.4, 0.5) is 10.3 Å². The third-order valence-electron chi connectivity index (χ3n) is 5.47. The summed E-state index contributed by atoms with van der Waals surface area (Å²) in [7, 11) is -1.79. The molecule has 0 unspecified atom stereocenters. The number of esters is 1. The van der Waals surface area contributed by atoms with E-state index in [-0.39, 0.29) is 51.0 Å². The Morgan fingerprint density at radius 3 is 2.50 bits per heavy atom. The fraction of sp³-hybridized carbons (Fsp3) is 0.318. The molecule has 0 aliphatic carbocycles. The van der Waals surface area contributed by atoms with Gasteiger partial charge >= 0.3 is 11.9 Å². The summed E-state index contributed by atoms with van der Waals surface area (Å²) in [4.78, 5) is 80.5. The van der Waals surface area contributed by atoms with E-state index in [1.807, 2.05) is 0 Å². The number of nitrogen functional groups attached to an aromatic ring is 1. The average Bonchev–Trinajstić information content (AvgIpc) is 3.60. The molecule has 5 N–H and O–H groups in total. The Morgan fingerprint density at radius 2 is 1.86 bits per heavy atom. The Labute approximate surface area is 253 Å². The average molecular weight is 642 g/mol. The molecule has 2 aromatic rings. The Kier molecular flexibility index (Phi) is 8.13. The van der Waals surface area contributed by atoms with Crippen LogP contribution in [0.15, 0.2) is 32.3 Å². The molecule has 1 fully saturated rings. The first-order chi connectivity index (χ1) is 21.2. The quantitative estimate of drug-likeness (QED) is 0.108. The first-order valence-electron chi connectivity index (χ1n) is 12.9. The van der Waals surface area contributed by atoms with E-state index in [1.165, 1.54) is 17.7 Å². The lowest BCUT2D eigenvalue weighted by Crippen LogP contribution is -2.71. The molecule has 1 saturated heterocycles. The van der Waals surface area contributed by atoms with Gasteiger partial charge < -0.3 is 30.6 Å². The monoisotopic (exact) mass is 641 g/mol. The smallest absolute Gasteiger partial charge is 0.352 e. The van der Waals surface area contributed by atoms with Crippen molar-refractivity contribution in [1.29, 1.82) is 0 Å². The van der Waals surface area contributed by atoms with Crippen LogP contribution < -0.4 is 16.4 Å². The highest BCUT2D eigenvalue weighted by Crippen LogP contribution is 2.40. The predicted molar refractivity (Wildman–Crippen MR) is 151 cm³/mol. The largest absolute Gasteiger partial charge is 0.477 e. The Balaban J connectivity index is 1.48. The number of carboxylic acid groups (broad SMARTS) is 1. The summed E-state index contributed by atoms with van der Waals surface area (Å²) in [5.74, 6) is -4.44. The number of carbonyl (C=O) groups excluding carboxylic acids is 4. The van der Waals surface area contributed by atoms with Crippen molar-refractivity contribution in [3.05, 3.63) is 33.4 Å². The van der Waals surface area contributed by atoms with Crippen LogP contribution in [0.1, 0.15) is 22.4 Å². The van der Waals surface area contributed by atoms with Crippen LogP contribution in [0.2, 0.25) is 0 Å². The topological polar surface area (TPSA) is 237 Å². The number of carboxylic acids is 1. The summed E-state index contributed by atoms with van der Waals surface area (Å²) in [5, 5.41) is 23.7. The molecule has 3 amide bonds. The minimum absolute atomic E-state index is 0.0590. The van der Waals surface area contributed by atoms with Crippen molar-refractivity contribution in [3.8, 4) is 0 Å². The highest BCUT2D eigenvalue weighted by atomic mass is 32.2. The summed E-state index contributed by atoms with van der Waals surface area (Å²) in [6.45, 7) is 0.865. The fourth-order valence-corrected chi connectivity index (χ4v) is 6.30. The molecule has 0 aromatic carbocycles. The number of thioether (sulfide) groups is 1. The number of aliphatic carboxylic acids is 1. The first-order valence-corrected chi connectivity index (χ1v) is 14.2. The second-order valence-corrected chi connectivity index (χ2v) is 11.0.